The molecule has 0 aliphatic carbocycles. The second-order valence-electron chi connectivity index (χ2n) is 5.62. The number of hydrogen-bond donors (Lipinski definition) is 1. The fourth-order valence-electron chi connectivity index (χ4n) is 2.64. The molecule has 0 bridgehead atoms. The van der Waals surface area contributed by atoms with E-state index < -0.39 is 10.0 Å². The molecule has 2 heterocycles. The highest BCUT2D eigenvalue weighted by Gasteiger charge is 2.29. The van der Waals surface area contributed by atoms with Gasteiger partial charge in [-0.05, 0) is 20.8 Å². The number of rotatable bonds is 7. The van der Waals surface area contributed by atoms with Crippen molar-refractivity contribution in [3.05, 3.63) is 23.2 Å². The van der Waals surface area contributed by atoms with Crippen LogP contribution in [0.4, 0.5) is 5.82 Å². The number of hydrogen-bond acceptors (Lipinski definition) is 6. The van der Waals surface area contributed by atoms with Crippen LogP contribution < -0.4 is 5.32 Å². The minimum absolute atomic E-state index is 0.119. The summed E-state index contributed by atoms with van der Waals surface area (Å²) in [6, 6.07) is 1.59. The summed E-state index contributed by atoms with van der Waals surface area (Å²) in [4.78, 5) is 12.3. The van der Waals surface area contributed by atoms with Gasteiger partial charge in [0, 0.05) is 19.2 Å². The molecule has 0 radical (unpaired) electrons. The second kappa shape index (κ2) is 7.36. The molecule has 0 aromatic carbocycles. The van der Waals surface area contributed by atoms with Crippen molar-refractivity contribution >= 4 is 21.7 Å². The maximum atomic E-state index is 12.8. The molecule has 0 atom stereocenters. The van der Waals surface area contributed by atoms with Crippen LogP contribution in [0.25, 0.3) is 0 Å². The fourth-order valence-corrected chi connectivity index (χ4v) is 4.47. The largest absolute Gasteiger partial charge is 0.360 e. The maximum absolute atomic E-state index is 12.8. The number of nitrogens with zero attached hydrogens (tertiary/aromatic N) is 4. The van der Waals surface area contributed by atoms with Gasteiger partial charge >= 0.3 is 0 Å². The fraction of sp³-hybridized carbons (Fsp3) is 0.533. The molecule has 0 aliphatic heterocycles. The third-order valence-corrected chi connectivity index (χ3v) is 6.11. The Morgan fingerprint density at radius 2 is 1.92 bits per heavy atom. The van der Waals surface area contributed by atoms with Crippen molar-refractivity contribution in [3.63, 3.8) is 0 Å². The summed E-state index contributed by atoms with van der Waals surface area (Å²) in [5.74, 6) is 0.514. The standard InChI is InChI=1S/C15H23N5O4S/c1-6-19(7-2)25(22,23)15-11(4)17-20(12(15)5)9-14(21)16-13-8-10(3)24-18-13/h8H,6-7,9H2,1-5H3,(H,16,18,21). The Balaban J connectivity index is 2.25. The molecule has 1 amide bonds. The lowest BCUT2D eigenvalue weighted by atomic mass is 10.4. The van der Waals surface area contributed by atoms with Gasteiger partial charge in [0.15, 0.2) is 5.82 Å². The predicted octanol–water partition coefficient (Wildman–Crippen LogP) is 1.47. The number of aryl methyl sites for hydroxylation is 2. The van der Waals surface area contributed by atoms with Gasteiger partial charge in [0.2, 0.25) is 15.9 Å². The highest BCUT2D eigenvalue weighted by atomic mass is 32.2. The molecule has 0 fully saturated rings. The van der Waals surface area contributed by atoms with Crippen LogP contribution in [0.5, 0.6) is 0 Å². The molecule has 2 aromatic heterocycles. The van der Waals surface area contributed by atoms with Crippen LogP contribution in [0.3, 0.4) is 0 Å². The Morgan fingerprint density at radius 1 is 1.28 bits per heavy atom. The lowest BCUT2D eigenvalue weighted by molar-refractivity contribution is -0.117. The number of aromatic nitrogens is 3. The lowest BCUT2D eigenvalue weighted by Gasteiger charge is -2.18. The normalized spacial score (nSPS) is 11.9. The number of carbonyl (C=O) groups is 1. The first-order valence-electron chi connectivity index (χ1n) is 7.98. The van der Waals surface area contributed by atoms with E-state index in [-0.39, 0.29) is 17.3 Å². The van der Waals surface area contributed by atoms with Gasteiger partial charge in [-0.3, -0.25) is 9.48 Å². The van der Waals surface area contributed by atoms with Crippen molar-refractivity contribution in [2.24, 2.45) is 0 Å². The smallest absolute Gasteiger partial charge is 0.247 e. The van der Waals surface area contributed by atoms with Gasteiger partial charge in [0.25, 0.3) is 0 Å². The number of carbonyl (C=O) groups excluding carboxylic acids is 1. The van der Waals surface area contributed by atoms with Gasteiger partial charge in [-0.2, -0.15) is 9.40 Å². The topological polar surface area (TPSA) is 110 Å². The third-order valence-electron chi connectivity index (χ3n) is 3.81. The molecule has 0 saturated carbocycles. The summed E-state index contributed by atoms with van der Waals surface area (Å²) >= 11 is 0. The van der Waals surface area contributed by atoms with E-state index >= 15 is 0 Å². The van der Waals surface area contributed by atoms with E-state index in [0.29, 0.717) is 36.1 Å². The molecular weight excluding hydrogens is 346 g/mol. The summed E-state index contributed by atoms with van der Waals surface area (Å²) in [6.45, 7) is 9.17. The first-order chi connectivity index (χ1) is 11.7. The van der Waals surface area contributed by atoms with Crippen molar-refractivity contribution < 1.29 is 17.7 Å². The summed E-state index contributed by atoms with van der Waals surface area (Å²) in [7, 11) is -3.64. The first-order valence-corrected chi connectivity index (χ1v) is 9.42. The molecule has 1 N–H and O–H groups in total. The number of amides is 1. The van der Waals surface area contributed by atoms with Gasteiger partial charge in [-0.1, -0.05) is 19.0 Å². The molecule has 0 spiro atoms. The molecule has 2 rings (SSSR count). The third kappa shape index (κ3) is 3.90. The van der Waals surface area contributed by atoms with Gasteiger partial charge in [0.05, 0.1) is 11.4 Å². The highest BCUT2D eigenvalue weighted by molar-refractivity contribution is 7.89. The highest BCUT2D eigenvalue weighted by Crippen LogP contribution is 2.23. The molecule has 0 saturated heterocycles. The van der Waals surface area contributed by atoms with E-state index in [1.54, 1.807) is 40.7 Å². The van der Waals surface area contributed by atoms with E-state index in [0.717, 1.165) is 0 Å². The number of sulfonamides is 1. The molecule has 0 aliphatic rings. The SMILES string of the molecule is CCN(CC)S(=O)(=O)c1c(C)nn(CC(=O)Nc2cc(C)on2)c1C. The summed E-state index contributed by atoms with van der Waals surface area (Å²) in [6.07, 6.45) is 0. The van der Waals surface area contributed by atoms with Crippen LogP contribution in [0.2, 0.25) is 0 Å². The van der Waals surface area contributed by atoms with E-state index in [2.05, 4.69) is 15.6 Å². The minimum atomic E-state index is -3.64. The zero-order valence-electron chi connectivity index (χ0n) is 15.0. The van der Waals surface area contributed by atoms with Crippen LogP contribution in [0.1, 0.15) is 31.0 Å². The van der Waals surface area contributed by atoms with Crippen molar-refractivity contribution in [3.8, 4) is 0 Å². The Labute approximate surface area is 147 Å². The van der Waals surface area contributed by atoms with Crippen LogP contribution in [0, 0.1) is 20.8 Å². The van der Waals surface area contributed by atoms with E-state index in [1.165, 1.54) is 8.99 Å². The van der Waals surface area contributed by atoms with E-state index in [4.69, 9.17) is 4.52 Å². The molecule has 2 aromatic rings. The summed E-state index contributed by atoms with van der Waals surface area (Å²) in [5.41, 5.74) is 0.797. The first kappa shape index (κ1) is 19.1. The predicted molar refractivity (Wildman–Crippen MR) is 91.7 cm³/mol. The van der Waals surface area contributed by atoms with E-state index in [1.807, 2.05) is 0 Å². The molecule has 138 valence electrons. The lowest BCUT2D eigenvalue weighted by Crippen LogP contribution is -2.31. The van der Waals surface area contributed by atoms with Crippen LogP contribution >= 0.6 is 0 Å². The minimum Gasteiger partial charge on any atom is -0.360 e. The van der Waals surface area contributed by atoms with Gasteiger partial charge in [-0.25, -0.2) is 8.42 Å². The van der Waals surface area contributed by atoms with Crippen molar-refractivity contribution in [2.75, 3.05) is 18.4 Å². The van der Waals surface area contributed by atoms with Gasteiger partial charge < -0.3 is 9.84 Å². The van der Waals surface area contributed by atoms with E-state index in [9.17, 15) is 13.2 Å². The van der Waals surface area contributed by atoms with Crippen LogP contribution in [0.15, 0.2) is 15.5 Å². The zero-order chi connectivity index (χ0) is 18.8. The van der Waals surface area contributed by atoms with Crippen molar-refractivity contribution in [2.45, 2.75) is 46.1 Å². The van der Waals surface area contributed by atoms with Gasteiger partial charge in [0.1, 0.15) is 17.2 Å². The maximum Gasteiger partial charge on any atom is 0.247 e. The monoisotopic (exact) mass is 369 g/mol. The zero-order valence-corrected chi connectivity index (χ0v) is 15.8. The summed E-state index contributed by atoms with van der Waals surface area (Å²) in [5, 5.41) is 10.5. The Bertz CT molecular complexity index is 865. The van der Waals surface area contributed by atoms with Crippen LogP contribution in [-0.4, -0.2) is 46.7 Å². The number of nitrogens with one attached hydrogen (secondary N) is 1. The Kier molecular flexibility index (Phi) is 5.63. The van der Waals surface area contributed by atoms with Crippen LogP contribution in [-0.2, 0) is 21.4 Å². The quantitative estimate of drug-likeness (QED) is 0.791. The molecule has 25 heavy (non-hydrogen) atoms. The average molecular weight is 369 g/mol. The molecule has 10 heteroatoms. The molecular formula is C15H23N5O4S. The second-order valence-corrected chi connectivity index (χ2v) is 7.49. The molecule has 0 unspecified atom stereocenters. The van der Waals surface area contributed by atoms with Crippen molar-refractivity contribution in [1.29, 1.82) is 0 Å². The Hall–Kier alpha value is -2.20. The molecule has 9 nitrogen and oxygen atoms in total. The summed E-state index contributed by atoms with van der Waals surface area (Å²) < 4.78 is 33.2. The number of anilines is 1. The van der Waals surface area contributed by atoms with Crippen molar-refractivity contribution in [1.82, 2.24) is 19.2 Å². The Morgan fingerprint density at radius 3 is 2.44 bits per heavy atom. The van der Waals surface area contributed by atoms with Gasteiger partial charge in [-0.15, -0.1) is 0 Å². The average Bonchev–Trinajstić information content (AvgIpc) is 3.03.